The van der Waals surface area contributed by atoms with E-state index in [4.69, 9.17) is 15.2 Å². The van der Waals surface area contributed by atoms with E-state index in [1.165, 1.54) is 64.2 Å². The van der Waals surface area contributed by atoms with Crippen LogP contribution in [0.15, 0.2) is 0 Å². The van der Waals surface area contributed by atoms with Gasteiger partial charge in [-0.2, -0.15) is 0 Å². The molecule has 3 nitrogen and oxygen atoms in total. The molecule has 202 valence electrons. The normalized spacial score (nSPS) is 55.5. The molecule has 6 rings (SSSR count). The summed E-state index contributed by atoms with van der Waals surface area (Å²) in [6.07, 6.45) is 14.6. The molecule has 0 spiro atoms. The third kappa shape index (κ3) is 3.20. The number of nitrogens with two attached hydrogens (primary N) is 1. The molecule has 6 unspecified atom stereocenters. The highest BCUT2D eigenvalue weighted by Gasteiger charge is 2.72. The lowest BCUT2D eigenvalue weighted by molar-refractivity contribution is -0.255. The summed E-state index contributed by atoms with van der Waals surface area (Å²) in [5, 5.41) is 0. The van der Waals surface area contributed by atoms with Crippen molar-refractivity contribution in [2.75, 3.05) is 13.3 Å². The summed E-state index contributed by atoms with van der Waals surface area (Å²) in [5.41, 5.74) is 8.24. The molecule has 2 bridgehead atoms. The highest BCUT2D eigenvalue weighted by molar-refractivity contribution is 5.85. The van der Waals surface area contributed by atoms with Gasteiger partial charge in [-0.25, -0.2) is 0 Å². The first-order valence-corrected chi connectivity index (χ1v) is 14.8. The predicted octanol–water partition coefficient (Wildman–Crippen LogP) is 7.60. The van der Waals surface area contributed by atoms with Crippen LogP contribution in [0.5, 0.6) is 0 Å². The van der Waals surface area contributed by atoms with Crippen LogP contribution >= 0.6 is 12.4 Å². The van der Waals surface area contributed by atoms with Gasteiger partial charge in [-0.3, -0.25) is 0 Å². The number of halogens is 1. The Balaban J connectivity index is 0.00000253. The van der Waals surface area contributed by atoms with Gasteiger partial charge in [0.1, 0.15) is 0 Å². The van der Waals surface area contributed by atoms with Crippen molar-refractivity contribution in [3.05, 3.63) is 0 Å². The summed E-state index contributed by atoms with van der Waals surface area (Å²) in [7, 11) is 0. The Bertz CT molecular complexity index is 844. The number of hydrogen-bond donors (Lipinski definition) is 1. The molecule has 2 N–H and O–H groups in total. The Morgan fingerprint density at radius 3 is 2.20 bits per heavy atom. The molecule has 0 aromatic rings. The van der Waals surface area contributed by atoms with E-state index in [0.717, 1.165) is 30.3 Å². The maximum absolute atomic E-state index is 6.74. The number of ether oxygens (including phenoxy) is 2. The van der Waals surface area contributed by atoms with Crippen LogP contribution in [0.3, 0.4) is 0 Å². The van der Waals surface area contributed by atoms with Crippen LogP contribution in [0, 0.1) is 56.2 Å². The van der Waals surface area contributed by atoms with E-state index in [1.807, 2.05) is 0 Å². The molecule has 35 heavy (non-hydrogen) atoms. The van der Waals surface area contributed by atoms with E-state index in [1.54, 1.807) is 0 Å². The highest BCUT2D eigenvalue weighted by atomic mass is 35.5. The van der Waals surface area contributed by atoms with Gasteiger partial charge in [-0.1, -0.05) is 48.5 Å². The molecule has 0 aromatic carbocycles. The molecule has 4 heteroatoms. The van der Waals surface area contributed by atoms with Gasteiger partial charge in [0.2, 0.25) is 0 Å². The molecule has 5 aliphatic carbocycles. The van der Waals surface area contributed by atoms with Crippen molar-refractivity contribution in [2.45, 2.75) is 125 Å². The van der Waals surface area contributed by atoms with Crippen LogP contribution in [0.1, 0.15) is 113 Å². The van der Waals surface area contributed by atoms with Crippen LogP contribution < -0.4 is 5.73 Å². The fourth-order valence-corrected chi connectivity index (χ4v) is 12.4. The molecule has 1 saturated heterocycles. The van der Waals surface area contributed by atoms with E-state index in [9.17, 15) is 0 Å². The van der Waals surface area contributed by atoms with Gasteiger partial charge in [0.25, 0.3) is 0 Å². The lowest BCUT2D eigenvalue weighted by Crippen LogP contribution is -2.67. The largest absolute Gasteiger partial charge is 0.377 e. The van der Waals surface area contributed by atoms with E-state index in [2.05, 4.69) is 48.5 Å². The minimum absolute atomic E-state index is 0. The first kappa shape index (κ1) is 26.8. The zero-order valence-electron chi connectivity index (χ0n) is 23.8. The van der Waals surface area contributed by atoms with Gasteiger partial charge >= 0.3 is 0 Å². The Labute approximate surface area is 221 Å². The van der Waals surface area contributed by atoms with E-state index >= 15 is 0 Å². The summed E-state index contributed by atoms with van der Waals surface area (Å²) in [6.45, 7) is 19.6. The molecular weight excluding hydrogens is 454 g/mol. The molecule has 0 aromatic heterocycles. The molecule has 1 heterocycles. The molecule has 1 aliphatic heterocycles. The maximum Gasteiger partial charge on any atom is 0.0944 e. The smallest absolute Gasteiger partial charge is 0.0944 e. The van der Waals surface area contributed by atoms with Crippen molar-refractivity contribution in [1.82, 2.24) is 0 Å². The van der Waals surface area contributed by atoms with Gasteiger partial charge in [0.15, 0.2) is 0 Å². The third-order valence-corrected chi connectivity index (χ3v) is 14.4. The van der Waals surface area contributed by atoms with Crippen LogP contribution in [0.2, 0.25) is 0 Å². The van der Waals surface area contributed by atoms with Crippen molar-refractivity contribution >= 4 is 12.4 Å². The minimum Gasteiger partial charge on any atom is -0.377 e. The SMILES string of the molecule is CC1(C)CCC23CC[C@]4(C)C(CCC5[C@@]6(C)CC[C@H](OCN)C(C)(C)C6CC[C@]54C)C2C1OC3.Cl. The molecule has 0 amide bonds. The molecular formula is C31H54ClNO2. The number of hydrogen-bond acceptors (Lipinski definition) is 3. The van der Waals surface area contributed by atoms with Crippen molar-refractivity contribution in [2.24, 2.45) is 61.9 Å². The summed E-state index contributed by atoms with van der Waals surface area (Å²) >= 11 is 0. The van der Waals surface area contributed by atoms with Gasteiger partial charge in [0, 0.05) is 0 Å². The van der Waals surface area contributed by atoms with E-state index in [0.29, 0.717) is 46.0 Å². The summed E-state index contributed by atoms with van der Waals surface area (Å²) in [5.74, 6) is 3.22. The third-order valence-electron chi connectivity index (χ3n) is 14.4. The van der Waals surface area contributed by atoms with E-state index < -0.39 is 0 Å². The standard InChI is InChI=1S/C31H53NO2.ClH/c1-26(2)14-16-31-17-15-29(6)20(24(31)25(26)33-18-31)8-9-22-28(5)12-11-23(34-19-32)27(3,4)21(28)10-13-30(22,29)7;/h20-25H,8-19,32H2,1-7H3;1H/t20?,21?,22?,23-,24?,25?,28-,29+,30+,31?;/m0./s1. The Morgan fingerprint density at radius 2 is 1.49 bits per heavy atom. The first-order valence-electron chi connectivity index (χ1n) is 14.8. The van der Waals surface area contributed by atoms with Crippen molar-refractivity contribution < 1.29 is 9.47 Å². The Morgan fingerprint density at radius 1 is 0.771 bits per heavy atom. The minimum atomic E-state index is 0. The average molecular weight is 508 g/mol. The number of rotatable bonds is 2. The average Bonchev–Trinajstić information content (AvgIpc) is 3.10. The van der Waals surface area contributed by atoms with Gasteiger partial charge < -0.3 is 15.2 Å². The van der Waals surface area contributed by atoms with Crippen molar-refractivity contribution in [1.29, 1.82) is 0 Å². The predicted molar refractivity (Wildman–Crippen MR) is 145 cm³/mol. The summed E-state index contributed by atoms with van der Waals surface area (Å²) in [4.78, 5) is 0. The van der Waals surface area contributed by atoms with Crippen LogP contribution in [0.4, 0.5) is 0 Å². The lowest BCUT2D eigenvalue weighted by atomic mass is 9.31. The summed E-state index contributed by atoms with van der Waals surface area (Å²) < 4.78 is 12.9. The summed E-state index contributed by atoms with van der Waals surface area (Å²) in [6, 6.07) is 0. The molecule has 5 saturated carbocycles. The maximum atomic E-state index is 6.74. The molecule has 6 aliphatic rings. The second-order valence-corrected chi connectivity index (χ2v) is 16.0. The molecule has 6 fully saturated rings. The molecule has 10 atom stereocenters. The monoisotopic (exact) mass is 507 g/mol. The zero-order valence-corrected chi connectivity index (χ0v) is 24.6. The second-order valence-electron chi connectivity index (χ2n) is 16.0. The topological polar surface area (TPSA) is 44.5 Å². The fourth-order valence-electron chi connectivity index (χ4n) is 12.4. The van der Waals surface area contributed by atoms with E-state index in [-0.39, 0.29) is 17.8 Å². The van der Waals surface area contributed by atoms with Gasteiger partial charge in [-0.05, 0) is 120 Å². The Hall–Kier alpha value is 0.170. The van der Waals surface area contributed by atoms with Crippen LogP contribution in [-0.2, 0) is 9.47 Å². The highest BCUT2D eigenvalue weighted by Crippen LogP contribution is 2.78. The van der Waals surface area contributed by atoms with Crippen LogP contribution in [-0.4, -0.2) is 25.5 Å². The second kappa shape index (κ2) is 8.09. The quantitative estimate of drug-likeness (QED) is 0.391. The number of fused-ring (bicyclic) bond motifs is 5. The Kier molecular flexibility index (Phi) is 6.19. The van der Waals surface area contributed by atoms with Gasteiger partial charge in [-0.15, -0.1) is 12.4 Å². The first-order chi connectivity index (χ1) is 15.9. The molecule has 0 radical (unpaired) electrons. The lowest BCUT2D eigenvalue weighted by Gasteiger charge is -2.73. The van der Waals surface area contributed by atoms with Gasteiger partial charge in [0.05, 0.1) is 25.5 Å². The fraction of sp³-hybridized carbons (Fsp3) is 1.00. The van der Waals surface area contributed by atoms with Crippen molar-refractivity contribution in [3.8, 4) is 0 Å². The zero-order chi connectivity index (χ0) is 24.4. The van der Waals surface area contributed by atoms with Crippen LogP contribution in [0.25, 0.3) is 0 Å². The van der Waals surface area contributed by atoms with Crippen molar-refractivity contribution in [3.63, 3.8) is 0 Å².